The molecule has 0 radical (unpaired) electrons. The van der Waals surface area contributed by atoms with Gasteiger partial charge in [0, 0.05) is 31.9 Å². The van der Waals surface area contributed by atoms with Crippen molar-refractivity contribution in [3.05, 3.63) is 24.3 Å². The highest BCUT2D eigenvalue weighted by Gasteiger charge is 2.30. The topological polar surface area (TPSA) is 96.5 Å². The van der Waals surface area contributed by atoms with Crippen molar-refractivity contribution < 1.29 is 18.0 Å². The summed E-state index contributed by atoms with van der Waals surface area (Å²) in [6.07, 6.45) is 3.13. The van der Waals surface area contributed by atoms with E-state index in [-0.39, 0.29) is 10.9 Å². The number of benzene rings is 1. The van der Waals surface area contributed by atoms with Gasteiger partial charge < -0.3 is 24.9 Å². The molecule has 1 N–H and O–H groups in total. The van der Waals surface area contributed by atoms with E-state index in [0.717, 1.165) is 51.9 Å². The minimum atomic E-state index is -3.65. The molecule has 0 bridgehead atoms. The second kappa shape index (κ2) is 14.0. The molecule has 0 unspecified atom stereocenters. The summed E-state index contributed by atoms with van der Waals surface area (Å²) >= 11 is 0. The van der Waals surface area contributed by atoms with Gasteiger partial charge in [-0.3, -0.25) is 9.59 Å². The van der Waals surface area contributed by atoms with Crippen LogP contribution in [0.1, 0.15) is 25.7 Å². The first-order chi connectivity index (χ1) is 16.9. The number of nitrogens with one attached hydrogen (secondary N) is 1. The van der Waals surface area contributed by atoms with Gasteiger partial charge in [0.15, 0.2) is 0 Å². The molecule has 11 heteroatoms. The summed E-state index contributed by atoms with van der Waals surface area (Å²) in [7, 11) is 7.91. The number of hydrogen-bond acceptors (Lipinski definition) is 7. The molecule has 1 fully saturated rings. The van der Waals surface area contributed by atoms with Gasteiger partial charge in [-0.25, -0.2) is 8.42 Å². The van der Waals surface area contributed by atoms with Gasteiger partial charge in [0.2, 0.25) is 10.0 Å². The third-order valence-electron chi connectivity index (χ3n) is 6.54. The van der Waals surface area contributed by atoms with Crippen LogP contribution in [0.4, 0.5) is 5.69 Å². The van der Waals surface area contributed by atoms with Crippen molar-refractivity contribution >= 4 is 27.5 Å². The summed E-state index contributed by atoms with van der Waals surface area (Å²) in [5.41, 5.74) is 0.385. The standard InChI is InChI=1S/C25H44N6O4S/c1-27(2)15-7-17-31(18-8-16-28(3)4)25(33)24(32)26-21-9-11-23(12-10-21)36(34,35)30(6)22-13-19-29(5)20-14-22/h9-12,22H,7-8,13-20H2,1-6H3,(H,26,32). The Morgan fingerprint density at radius 1 is 0.889 bits per heavy atom. The van der Waals surface area contributed by atoms with E-state index >= 15 is 0 Å². The SMILES string of the molecule is CN(C)CCCN(CCCN(C)C)C(=O)C(=O)Nc1ccc(S(=O)(=O)N(C)C2CCN(C)CC2)cc1. The first-order valence-electron chi connectivity index (χ1n) is 12.6. The smallest absolute Gasteiger partial charge is 0.313 e. The normalized spacial score (nSPS) is 15.6. The van der Waals surface area contributed by atoms with Gasteiger partial charge in [0.25, 0.3) is 0 Å². The molecule has 0 saturated carbocycles. The molecule has 1 saturated heterocycles. The third kappa shape index (κ3) is 9.11. The Hall–Kier alpha value is -2.05. The Kier molecular flexibility index (Phi) is 11.8. The Bertz CT molecular complexity index is 930. The lowest BCUT2D eigenvalue weighted by Crippen LogP contribution is -2.44. The first kappa shape index (κ1) is 30.2. The largest absolute Gasteiger partial charge is 0.334 e. The fourth-order valence-corrected chi connectivity index (χ4v) is 5.65. The number of hydrogen-bond donors (Lipinski definition) is 1. The molecule has 0 atom stereocenters. The average Bonchev–Trinajstić information content (AvgIpc) is 2.82. The molecule has 1 aliphatic rings. The molecule has 36 heavy (non-hydrogen) atoms. The van der Waals surface area contributed by atoms with Gasteiger partial charge in [0.05, 0.1) is 4.90 Å². The number of sulfonamides is 1. The predicted molar refractivity (Wildman–Crippen MR) is 143 cm³/mol. The van der Waals surface area contributed by atoms with Crippen molar-refractivity contribution in [3.8, 4) is 0 Å². The van der Waals surface area contributed by atoms with Gasteiger partial charge in [-0.2, -0.15) is 4.31 Å². The second-order valence-corrected chi connectivity index (χ2v) is 12.1. The van der Waals surface area contributed by atoms with Crippen LogP contribution in [0.5, 0.6) is 0 Å². The number of rotatable bonds is 12. The lowest BCUT2D eigenvalue weighted by Gasteiger charge is -2.34. The zero-order valence-corrected chi connectivity index (χ0v) is 23.6. The van der Waals surface area contributed by atoms with Gasteiger partial charge in [-0.05, 0) is 111 Å². The molecule has 0 aliphatic carbocycles. The van der Waals surface area contributed by atoms with Crippen molar-refractivity contribution in [1.82, 2.24) is 23.9 Å². The number of anilines is 1. The average molecular weight is 525 g/mol. The summed E-state index contributed by atoms with van der Waals surface area (Å²) in [5.74, 6) is -1.30. The van der Waals surface area contributed by atoms with E-state index in [0.29, 0.717) is 18.8 Å². The maximum Gasteiger partial charge on any atom is 0.313 e. The molecular weight excluding hydrogens is 480 g/mol. The lowest BCUT2D eigenvalue weighted by atomic mass is 10.1. The molecular formula is C25H44N6O4S. The number of carbonyl (C=O) groups excluding carboxylic acids is 2. The molecule has 1 aromatic carbocycles. The van der Waals surface area contributed by atoms with E-state index in [1.165, 1.54) is 28.6 Å². The van der Waals surface area contributed by atoms with Gasteiger partial charge in [-0.15, -0.1) is 0 Å². The molecule has 0 aromatic heterocycles. The maximum absolute atomic E-state index is 13.1. The van der Waals surface area contributed by atoms with E-state index in [4.69, 9.17) is 0 Å². The highest BCUT2D eigenvalue weighted by Crippen LogP contribution is 2.23. The zero-order valence-electron chi connectivity index (χ0n) is 22.7. The second-order valence-electron chi connectivity index (χ2n) is 10.1. The number of amides is 2. The van der Waals surface area contributed by atoms with Crippen LogP contribution in [-0.2, 0) is 19.6 Å². The van der Waals surface area contributed by atoms with E-state index in [2.05, 4.69) is 10.2 Å². The lowest BCUT2D eigenvalue weighted by molar-refractivity contribution is -0.143. The number of piperidine rings is 1. The Morgan fingerprint density at radius 3 is 1.86 bits per heavy atom. The van der Waals surface area contributed by atoms with Crippen LogP contribution >= 0.6 is 0 Å². The summed E-state index contributed by atoms with van der Waals surface area (Å²) in [6, 6.07) is 5.99. The van der Waals surface area contributed by atoms with Crippen LogP contribution in [0.2, 0.25) is 0 Å². The molecule has 2 rings (SSSR count). The highest BCUT2D eigenvalue weighted by atomic mass is 32.2. The predicted octanol–water partition coefficient (Wildman–Crippen LogP) is 1.07. The summed E-state index contributed by atoms with van der Waals surface area (Å²) in [4.78, 5) is 33.7. The summed E-state index contributed by atoms with van der Waals surface area (Å²) in [5, 5.41) is 2.63. The van der Waals surface area contributed by atoms with Gasteiger partial charge in [-0.1, -0.05) is 0 Å². The van der Waals surface area contributed by atoms with Gasteiger partial charge >= 0.3 is 11.8 Å². The maximum atomic E-state index is 13.1. The highest BCUT2D eigenvalue weighted by molar-refractivity contribution is 7.89. The molecule has 2 amide bonds. The summed E-state index contributed by atoms with van der Waals surface area (Å²) in [6.45, 7) is 4.37. The molecule has 1 heterocycles. The van der Waals surface area contributed by atoms with E-state index in [1.54, 1.807) is 11.9 Å². The molecule has 1 aromatic rings. The van der Waals surface area contributed by atoms with E-state index < -0.39 is 21.8 Å². The number of carbonyl (C=O) groups is 2. The van der Waals surface area contributed by atoms with Crippen molar-refractivity contribution in [2.75, 3.05) is 86.9 Å². The van der Waals surface area contributed by atoms with Crippen LogP contribution < -0.4 is 5.32 Å². The first-order valence-corrected chi connectivity index (χ1v) is 14.0. The zero-order chi connectivity index (χ0) is 26.9. The third-order valence-corrected chi connectivity index (χ3v) is 8.46. The fourth-order valence-electron chi connectivity index (χ4n) is 4.23. The summed E-state index contributed by atoms with van der Waals surface area (Å²) < 4.78 is 27.7. The fraction of sp³-hybridized carbons (Fsp3) is 0.680. The van der Waals surface area contributed by atoms with E-state index in [9.17, 15) is 18.0 Å². The molecule has 10 nitrogen and oxygen atoms in total. The van der Waals surface area contributed by atoms with Crippen molar-refractivity contribution in [3.63, 3.8) is 0 Å². The Labute approximate surface area is 217 Å². The monoisotopic (exact) mass is 524 g/mol. The van der Waals surface area contributed by atoms with Crippen LogP contribution in [0.25, 0.3) is 0 Å². The molecule has 1 aliphatic heterocycles. The minimum Gasteiger partial charge on any atom is -0.334 e. The minimum absolute atomic E-state index is 0.0332. The molecule has 204 valence electrons. The number of likely N-dealkylation sites (tertiary alicyclic amines) is 1. The van der Waals surface area contributed by atoms with Crippen molar-refractivity contribution in [2.45, 2.75) is 36.6 Å². The molecule has 0 spiro atoms. The van der Waals surface area contributed by atoms with Crippen molar-refractivity contribution in [1.29, 1.82) is 0 Å². The van der Waals surface area contributed by atoms with Crippen LogP contribution in [-0.4, -0.2) is 132 Å². The van der Waals surface area contributed by atoms with E-state index in [1.807, 2.05) is 45.0 Å². The van der Waals surface area contributed by atoms with Crippen LogP contribution in [0.15, 0.2) is 29.2 Å². The number of nitrogens with zero attached hydrogens (tertiary/aromatic N) is 5. The van der Waals surface area contributed by atoms with Crippen molar-refractivity contribution in [2.24, 2.45) is 0 Å². The van der Waals surface area contributed by atoms with Crippen LogP contribution in [0.3, 0.4) is 0 Å². The van der Waals surface area contributed by atoms with Gasteiger partial charge in [0.1, 0.15) is 0 Å². The van der Waals surface area contributed by atoms with Crippen LogP contribution in [0, 0.1) is 0 Å². The Balaban J connectivity index is 2.01. The quantitative estimate of drug-likeness (QED) is 0.409. The Morgan fingerprint density at radius 2 is 1.39 bits per heavy atom.